The van der Waals surface area contributed by atoms with Crippen LogP contribution in [0, 0.1) is 0 Å². The molecular weight excluding hydrogens is 256 g/mol. The van der Waals surface area contributed by atoms with Crippen LogP contribution in [-0.2, 0) is 4.79 Å². The lowest BCUT2D eigenvalue weighted by molar-refractivity contribution is -0.147. The van der Waals surface area contributed by atoms with Crippen molar-refractivity contribution in [2.75, 3.05) is 6.54 Å². The number of hydrogen-bond acceptors (Lipinski definition) is 3. The maximum Gasteiger partial charge on any atom is 0.329 e. The minimum absolute atomic E-state index is 0.220. The number of hydrogen-bond donors (Lipinski definition) is 1. The number of carbonyl (C=O) groups is 2. The quantitative estimate of drug-likeness (QED) is 0.831. The maximum atomic E-state index is 12.3. The number of amides is 1. The summed E-state index contributed by atoms with van der Waals surface area (Å²) in [6.07, 6.45) is 2.59. The van der Waals surface area contributed by atoms with Crippen molar-refractivity contribution in [3.63, 3.8) is 0 Å². The Kier molecular flexibility index (Phi) is 3.26. The molecule has 1 N–H and O–H groups in total. The number of carbonyl (C=O) groups excluding carboxylic acids is 1. The predicted molar refractivity (Wildman–Crippen MR) is 65.6 cm³/mol. The summed E-state index contributed by atoms with van der Waals surface area (Å²) in [7, 11) is 0. The van der Waals surface area contributed by atoms with Gasteiger partial charge in [0.15, 0.2) is 0 Å². The van der Waals surface area contributed by atoms with E-state index in [-0.39, 0.29) is 11.1 Å². The van der Waals surface area contributed by atoms with Crippen LogP contribution < -0.4 is 0 Å². The summed E-state index contributed by atoms with van der Waals surface area (Å²) < 4.78 is 0. The van der Waals surface area contributed by atoms with E-state index in [1.54, 1.807) is 6.92 Å². The summed E-state index contributed by atoms with van der Waals surface area (Å²) in [5.41, 5.74) is -0.767. The molecule has 18 heavy (non-hydrogen) atoms. The Morgan fingerprint density at radius 3 is 2.89 bits per heavy atom. The molecule has 0 aromatic carbocycles. The molecule has 1 unspecified atom stereocenters. The van der Waals surface area contributed by atoms with Crippen molar-refractivity contribution in [1.82, 2.24) is 9.88 Å². The highest BCUT2D eigenvalue weighted by molar-refractivity contribution is 6.29. The van der Waals surface area contributed by atoms with Gasteiger partial charge in [0.05, 0.1) is 0 Å². The topological polar surface area (TPSA) is 70.5 Å². The zero-order valence-electron chi connectivity index (χ0n) is 9.89. The Labute approximate surface area is 109 Å². The van der Waals surface area contributed by atoms with Crippen LogP contribution in [0.3, 0.4) is 0 Å². The molecule has 2 rings (SSSR count). The second kappa shape index (κ2) is 4.57. The van der Waals surface area contributed by atoms with Gasteiger partial charge in [0, 0.05) is 18.3 Å². The lowest BCUT2D eigenvalue weighted by Crippen LogP contribution is -2.50. The van der Waals surface area contributed by atoms with Crippen LogP contribution in [-0.4, -0.2) is 39.0 Å². The van der Waals surface area contributed by atoms with E-state index in [0.29, 0.717) is 24.9 Å². The van der Waals surface area contributed by atoms with Crippen molar-refractivity contribution < 1.29 is 14.7 Å². The van der Waals surface area contributed by atoms with Crippen molar-refractivity contribution in [3.8, 4) is 0 Å². The molecule has 1 atom stereocenters. The van der Waals surface area contributed by atoms with Crippen LogP contribution in [0.15, 0.2) is 18.3 Å². The number of carboxylic acids is 1. The number of carboxylic acid groups (broad SMARTS) is 1. The van der Waals surface area contributed by atoms with E-state index in [0.717, 1.165) is 0 Å². The van der Waals surface area contributed by atoms with E-state index < -0.39 is 11.5 Å². The molecular formula is C12H13ClN2O3. The van der Waals surface area contributed by atoms with Gasteiger partial charge >= 0.3 is 5.97 Å². The van der Waals surface area contributed by atoms with Crippen molar-refractivity contribution in [1.29, 1.82) is 0 Å². The Morgan fingerprint density at radius 1 is 1.56 bits per heavy atom. The summed E-state index contributed by atoms with van der Waals surface area (Å²) >= 11 is 5.73. The fraction of sp³-hybridized carbons (Fsp3) is 0.417. The minimum Gasteiger partial charge on any atom is -0.480 e. The molecule has 2 heterocycles. The van der Waals surface area contributed by atoms with Crippen LogP contribution in [0.4, 0.5) is 0 Å². The Morgan fingerprint density at radius 2 is 2.28 bits per heavy atom. The van der Waals surface area contributed by atoms with Crippen LogP contribution in [0.1, 0.15) is 30.1 Å². The monoisotopic (exact) mass is 268 g/mol. The van der Waals surface area contributed by atoms with Crippen molar-refractivity contribution in [2.24, 2.45) is 0 Å². The molecule has 1 aromatic rings. The van der Waals surface area contributed by atoms with Gasteiger partial charge in [-0.05, 0) is 31.9 Å². The number of rotatable bonds is 2. The summed E-state index contributed by atoms with van der Waals surface area (Å²) in [5.74, 6) is -1.30. The number of pyridine rings is 1. The molecule has 96 valence electrons. The molecule has 1 amide bonds. The highest BCUT2D eigenvalue weighted by Gasteiger charge is 2.46. The van der Waals surface area contributed by atoms with E-state index in [1.807, 2.05) is 0 Å². The molecule has 1 aliphatic rings. The minimum atomic E-state index is -1.13. The molecule has 1 aliphatic heterocycles. The van der Waals surface area contributed by atoms with Crippen molar-refractivity contribution >= 4 is 23.5 Å². The lowest BCUT2D eigenvalue weighted by atomic mass is 9.98. The van der Waals surface area contributed by atoms with E-state index in [4.69, 9.17) is 11.6 Å². The van der Waals surface area contributed by atoms with E-state index >= 15 is 0 Å². The van der Waals surface area contributed by atoms with Gasteiger partial charge < -0.3 is 10.0 Å². The zero-order valence-corrected chi connectivity index (χ0v) is 10.6. The molecule has 6 heteroatoms. The second-order valence-electron chi connectivity index (χ2n) is 4.51. The summed E-state index contributed by atoms with van der Waals surface area (Å²) in [6, 6.07) is 2.99. The highest BCUT2D eigenvalue weighted by atomic mass is 35.5. The fourth-order valence-electron chi connectivity index (χ4n) is 2.20. The second-order valence-corrected chi connectivity index (χ2v) is 4.89. The lowest BCUT2D eigenvalue weighted by Gasteiger charge is -2.31. The Bertz CT molecular complexity index is 506. The van der Waals surface area contributed by atoms with Crippen LogP contribution in [0.5, 0.6) is 0 Å². The number of nitrogens with zero attached hydrogens (tertiary/aromatic N) is 2. The number of halogens is 1. The van der Waals surface area contributed by atoms with Crippen LogP contribution in [0.2, 0.25) is 5.15 Å². The SMILES string of the molecule is CC1(C(=O)O)CCCN1C(=O)c1ccnc(Cl)c1. The maximum absolute atomic E-state index is 12.3. The summed E-state index contributed by atoms with van der Waals surface area (Å²) in [4.78, 5) is 28.8. The van der Waals surface area contributed by atoms with Crippen molar-refractivity contribution in [3.05, 3.63) is 29.0 Å². The molecule has 5 nitrogen and oxygen atoms in total. The molecule has 0 aliphatic carbocycles. The first-order valence-electron chi connectivity index (χ1n) is 5.62. The van der Waals surface area contributed by atoms with E-state index in [9.17, 15) is 14.7 Å². The first-order valence-corrected chi connectivity index (χ1v) is 6.00. The van der Waals surface area contributed by atoms with E-state index in [1.165, 1.54) is 23.2 Å². The first kappa shape index (κ1) is 12.8. The normalized spacial score (nSPS) is 23.1. The third-order valence-electron chi connectivity index (χ3n) is 3.32. The van der Waals surface area contributed by atoms with Gasteiger partial charge in [-0.25, -0.2) is 9.78 Å². The van der Waals surface area contributed by atoms with Gasteiger partial charge in [-0.1, -0.05) is 11.6 Å². The summed E-state index contributed by atoms with van der Waals surface area (Å²) in [6.45, 7) is 2.02. The first-order chi connectivity index (χ1) is 8.45. The standard InChI is InChI=1S/C12H13ClN2O3/c1-12(11(17)18)4-2-6-15(12)10(16)8-3-5-14-9(13)7-8/h3,5,7H,2,4,6H2,1H3,(H,17,18). The third kappa shape index (κ3) is 2.06. The molecule has 1 fully saturated rings. The van der Waals surface area contributed by atoms with Gasteiger partial charge in [0.1, 0.15) is 10.7 Å². The zero-order chi connectivity index (χ0) is 13.3. The molecule has 0 radical (unpaired) electrons. The van der Waals surface area contributed by atoms with E-state index in [2.05, 4.69) is 4.98 Å². The smallest absolute Gasteiger partial charge is 0.329 e. The molecule has 0 saturated carbocycles. The largest absolute Gasteiger partial charge is 0.480 e. The molecule has 1 saturated heterocycles. The fourth-order valence-corrected chi connectivity index (χ4v) is 2.38. The number of aliphatic carboxylic acids is 1. The van der Waals surface area contributed by atoms with Gasteiger partial charge in [-0.2, -0.15) is 0 Å². The van der Waals surface area contributed by atoms with Gasteiger partial charge in [-0.15, -0.1) is 0 Å². The van der Waals surface area contributed by atoms with Crippen molar-refractivity contribution in [2.45, 2.75) is 25.3 Å². The van der Waals surface area contributed by atoms with Gasteiger partial charge in [0.25, 0.3) is 5.91 Å². The molecule has 0 bridgehead atoms. The van der Waals surface area contributed by atoms with Gasteiger partial charge in [-0.3, -0.25) is 4.79 Å². The summed E-state index contributed by atoms with van der Waals surface area (Å²) in [5, 5.41) is 9.48. The van der Waals surface area contributed by atoms with Crippen LogP contribution in [0.25, 0.3) is 0 Å². The number of aromatic nitrogens is 1. The average molecular weight is 269 g/mol. The third-order valence-corrected chi connectivity index (χ3v) is 3.53. The van der Waals surface area contributed by atoms with Gasteiger partial charge in [0.2, 0.25) is 0 Å². The number of likely N-dealkylation sites (tertiary alicyclic amines) is 1. The Hall–Kier alpha value is -1.62. The molecule has 0 spiro atoms. The average Bonchev–Trinajstić information content (AvgIpc) is 2.72. The Balaban J connectivity index is 2.32. The predicted octanol–water partition coefficient (Wildman–Crippen LogP) is 1.81. The van der Waals surface area contributed by atoms with Crippen LogP contribution >= 0.6 is 11.6 Å². The highest BCUT2D eigenvalue weighted by Crippen LogP contribution is 2.30. The molecule has 1 aromatic heterocycles.